The van der Waals surface area contributed by atoms with E-state index in [4.69, 9.17) is 4.42 Å². The number of piperidine rings is 1. The van der Waals surface area contributed by atoms with Crippen molar-refractivity contribution in [2.45, 2.75) is 32.6 Å². The lowest BCUT2D eigenvalue weighted by Gasteiger charge is -2.30. The summed E-state index contributed by atoms with van der Waals surface area (Å²) in [6, 6.07) is 12.3. The van der Waals surface area contributed by atoms with Crippen molar-refractivity contribution in [3.63, 3.8) is 0 Å². The number of amides is 1. The summed E-state index contributed by atoms with van der Waals surface area (Å²) in [7, 11) is 0. The smallest absolute Gasteiger partial charge is 0.224 e. The predicted molar refractivity (Wildman–Crippen MR) is 110 cm³/mol. The maximum absolute atomic E-state index is 12.4. The molecule has 1 amide bonds. The second-order valence-electron chi connectivity index (χ2n) is 7.83. The molecule has 27 heavy (non-hydrogen) atoms. The number of fused-ring (bicyclic) bond motifs is 3. The van der Waals surface area contributed by atoms with Crippen LogP contribution in [0.4, 0.5) is 0 Å². The molecule has 0 radical (unpaired) electrons. The number of nitrogens with one attached hydrogen (secondary N) is 1. The van der Waals surface area contributed by atoms with Gasteiger partial charge in [0.2, 0.25) is 5.91 Å². The van der Waals surface area contributed by atoms with Gasteiger partial charge in [-0.25, -0.2) is 0 Å². The van der Waals surface area contributed by atoms with E-state index in [9.17, 15) is 4.79 Å². The third kappa shape index (κ3) is 4.16. The molecule has 142 valence electrons. The Kier molecular flexibility index (Phi) is 5.44. The molecule has 1 aliphatic rings. The highest BCUT2D eigenvalue weighted by atomic mass is 16.3. The lowest BCUT2D eigenvalue weighted by atomic mass is 9.99. The normalized spacial score (nSPS) is 16.2. The molecule has 2 heterocycles. The fraction of sp³-hybridized carbons (Fsp3) is 0.435. The molecule has 0 spiro atoms. The Morgan fingerprint density at radius 3 is 2.85 bits per heavy atom. The third-order valence-electron chi connectivity index (χ3n) is 5.74. The molecular weight excluding hydrogens is 336 g/mol. The van der Waals surface area contributed by atoms with E-state index >= 15 is 0 Å². The highest BCUT2D eigenvalue weighted by Gasteiger charge is 2.15. The predicted octanol–water partition coefficient (Wildman–Crippen LogP) is 4.37. The van der Waals surface area contributed by atoms with Gasteiger partial charge in [-0.05, 0) is 61.7 Å². The number of benzene rings is 2. The SMILES string of the molecule is CC1CCN(CCCNC(=O)Cc2coc3ccc4ccccc4c23)CC1. The molecule has 2 aromatic carbocycles. The van der Waals surface area contributed by atoms with Crippen molar-refractivity contribution in [1.82, 2.24) is 10.2 Å². The molecule has 1 fully saturated rings. The Hall–Kier alpha value is -2.33. The summed E-state index contributed by atoms with van der Waals surface area (Å²) in [6.07, 6.45) is 5.70. The van der Waals surface area contributed by atoms with E-state index in [1.54, 1.807) is 6.26 Å². The quantitative estimate of drug-likeness (QED) is 0.661. The largest absolute Gasteiger partial charge is 0.464 e. The molecule has 0 atom stereocenters. The first-order chi connectivity index (χ1) is 13.2. The van der Waals surface area contributed by atoms with E-state index in [0.717, 1.165) is 47.3 Å². The Bertz CT molecular complexity index is 922. The zero-order chi connectivity index (χ0) is 18.6. The number of hydrogen-bond donors (Lipinski definition) is 1. The number of rotatable bonds is 6. The zero-order valence-corrected chi connectivity index (χ0v) is 16.0. The fourth-order valence-electron chi connectivity index (χ4n) is 4.06. The molecule has 1 aromatic heterocycles. The van der Waals surface area contributed by atoms with E-state index in [2.05, 4.69) is 35.3 Å². The maximum atomic E-state index is 12.4. The molecule has 0 saturated carbocycles. The number of hydrogen-bond acceptors (Lipinski definition) is 3. The molecule has 4 rings (SSSR count). The summed E-state index contributed by atoms with van der Waals surface area (Å²) in [5.74, 6) is 0.930. The van der Waals surface area contributed by atoms with Crippen molar-refractivity contribution in [3.05, 3.63) is 48.2 Å². The van der Waals surface area contributed by atoms with Gasteiger partial charge in [-0.3, -0.25) is 4.79 Å². The standard InChI is InChI=1S/C23H28N2O2/c1-17-9-13-25(14-10-17)12-4-11-24-22(26)15-19-16-27-21-8-7-18-5-2-3-6-20(18)23(19)21/h2-3,5-8,16-17H,4,9-15H2,1H3,(H,24,26). The van der Waals surface area contributed by atoms with Gasteiger partial charge < -0.3 is 14.6 Å². The number of carbonyl (C=O) groups excluding carboxylic acids is 1. The molecule has 1 N–H and O–H groups in total. The molecule has 4 nitrogen and oxygen atoms in total. The summed E-state index contributed by atoms with van der Waals surface area (Å²) in [5.41, 5.74) is 1.81. The van der Waals surface area contributed by atoms with Crippen LogP contribution < -0.4 is 5.32 Å². The van der Waals surface area contributed by atoms with Crippen LogP contribution in [0, 0.1) is 5.92 Å². The van der Waals surface area contributed by atoms with Gasteiger partial charge in [0.15, 0.2) is 0 Å². The van der Waals surface area contributed by atoms with Crippen LogP contribution in [0.15, 0.2) is 47.1 Å². The van der Waals surface area contributed by atoms with Gasteiger partial charge in [-0.1, -0.05) is 37.3 Å². The van der Waals surface area contributed by atoms with E-state index < -0.39 is 0 Å². The topological polar surface area (TPSA) is 45.5 Å². The maximum Gasteiger partial charge on any atom is 0.224 e. The second-order valence-corrected chi connectivity index (χ2v) is 7.83. The van der Waals surface area contributed by atoms with Crippen LogP contribution in [0.25, 0.3) is 21.7 Å². The monoisotopic (exact) mass is 364 g/mol. The van der Waals surface area contributed by atoms with Gasteiger partial charge in [0.05, 0.1) is 12.7 Å². The summed E-state index contributed by atoms with van der Waals surface area (Å²) in [4.78, 5) is 14.9. The van der Waals surface area contributed by atoms with Gasteiger partial charge in [-0.15, -0.1) is 0 Å². The minimum atomic E-state index is 0.0675. The lowest BCUT2D eigenvalue weighted by Crippen LogP contribution is -2.35. The van der Waals surface area contributed by atoms with Crippen LogP contribution in [0.1, 0.15) is 31.7 Å². The second kappa shape index (κ2) is 8.13. The van der Waals surface area contributed by atoms with Crippen LogP contribution in [0.2, 0.25) is 0 Å². The Morgan fingerprint density at radius 1 is 1.19 bits per heavy atom. The van der Waals surface area contributed by atoms with Gasteiger partial charge in [-0.2, -0.15) is 0 Å². The van der Waals surface area contributed by atoms with Crippen LogP contribution in [0.5, 0.6) is 0 Å². The first-order valence-corrected chi connectivity index (χ1v) is 10.1. The van der Waals surface area contributed by atoms with E-state index in [0.29, 0.717) is 6.42 Å². The van der Waals surface area contributed by atoms with Crippen molar-refractivity contribution in [2.24, 2.45) is 5.92 Å². The minimum absolute atomic E-state index is 0.0675. The molecule has 0 unspecified atom stereocenters. The summed E-state index contributed by atoms with van der Waals surface area (Å²) >= 11 is 0. The average Bonchev–Trinajstić information content (AvgIpc) is 3.10. The summed E-state index contributed by atoms with van der Waals surface area (Å²) in [5, 5.41) is 6.45. The van der Waals surface area contributed by atoms with Crippen LogP contribution in [-0.4, -0.2) is 37.0 Å². The average molecular weight is 364 g/mol. The number of furan rings is 1. The molecule has 0 bridgehead atoms. The van der Waals surface area contributed by atoms with Gasteiger partial charge in [0, 0.05) is 17.5 Å². The van der Waals surface area contributed by atoms with E-state index in [1.807, 2.05) is 18.2 Å². The molecule has 3 aromatic rings. The molecule has 4 heteroatoms. The van der Waals surface area contributed by atoms with Gasteiger partial charge in [0.1, 0.15) is 5.58 Å². The Morgan fingerprint density at radius 2 is 2.00 bits per heavy atom. The Labute approximate surface area is 160 Å². The lowest BCUT2D eigenvalue weighted by molar-refractivity contribution is -0.120. The zero-order valence-electron chi connectivity index (χ0n) is 16.0. The van der Waals surface area contributed by atoms with Crippen molar-refractivity contribution < 1.29 is 9.21 Å². The van der Waals surface area contributed by atoms with Crippen molar-refractivity contribution >= 4 is 27.6 Å². The van der Waals surface area contributed by atoms with Crippen LogP contribution in [0.3, 0.4) is 0 Å². The van der Waals surface area contributed by atoms with Gasteiger partial charge >= 0.3 is 0 Å². The summed E-state index contributed by atoms with van der Waals surface area (Å²) in [6.45, 7) is 6.54. The first kappa shape index (κ1) is 18.1. The first-order valence-electron chi connectivity index (χ1n) is 10.1. The molecule has 0 aliphatic carbocycles. The fourth-order valence-corrected chi connectivity index (χ4v) is 4.06. The van der Waals surface area contributed by atoms with Crippen molar-refractivity contribution in [3.8, 4) is 0 Å². The Balaban J connectivity index is 1.33. The van der Waals surface area contributed by atoms with Crippen molar-refractivity contribution in [1.29, 1.82) is 0 Å². The minimum Gasteiger partial charge on any atom is -0.464 e. The molecular formula is C23H28N2O2. The van der Waals surface area contributed by atoms with E-state index in [1.165, 1.54) is 31.3 Å². The number of likely N-dealkylation sites (tertiary alicyclic amines) is 1. The van der Waals surface area contributed by atoms with E-state index in [-0.39, 0.29) is 5.91 Å². The van der Waals surface area contributed by atoms with Crippen molar-refractivity contribution in [2.75, 3.05) is 26.2 Å². The molecule has 1 aliphatic heterocycles. The highest BCUT2D eigenvalue weighted by molar-refractivity contribution is 6.08. The summed E-state index contributed by atoms with van der Waals surface area (Å²) < 4.78 is 5.68. The highest BCUT2D eigenvalue weighted by Crippen LogP contribution is 2.30. The number of nitrogens with zero attached hydrogens (tertiary/aromatic N) is 1. The van der Waals surface area contributed by atoms with Crippen LogP contribution >= 0.6 is 0 Å². The number of carbonyl (C=O) groups is 1. The van der Waals surface area contributed by atoms with Gasteiger partial charge in [0.25, 0.3) is 0 Å². The van der Waals surface area contributed by atoms with Crippen LogP contribution in [-0.2, 0) is 11.2 Å². The molecule has 1 saturated heterocycles. The third-order valence-corrected chi connectivity index (χ3v) is 5.74.